The van der Waals surface area contributed by atoms with E-state index in [-0.39, 0.29) is 6.04 Å². The van der Waals surface area contributed by atoms with Crippen LogP contribution in [0.5, 0.6) is 11.6 Å². The summed E-state index contributed by atoms with van der Waals surface area (Å²) >= 11 is 3.45. The monoisotopic (exact) mass is 309 g/mol. The molecule has 0 bridgehead atoms. The quantitative estimate of drug-likeness (QED) is 0.935. The molecule has 0 atom stereocenters. The van der Waals surface area contributed by atoms with Gasteiger partial charge in [0.2, 0.25) is 5.88 Å². The molecule has 0 spiro atoms. The molecule has 1 aromatic carbocycles. The summed E-state index contributed by atoms with van der Waals surface area (Å²) in [6.07, 6.45) is 0. The summed E-state index contributed by atoms with van der Waals surface area (Å²) in [4.78, 5) is 0. The first-order valence-electron chi connectivity index (χ1n) is 5.77. The molecule has 0 radical (unpaired) electrons. The van der Waals surface area contributed by atoms with Crippen molar-refractivity contribution in [1.82, 2.24) is 9.78 Å². The van der Waals surface area contributed by atoms with E-state index >= 15 is 0 Å². The lowest BCUT2D eigenvalue weighted by molar-refractivity contribution is 0.388. The minimum Gasteiger partial charge on any atom is -0.436 e. The highest BCUT2D eigenvalue weighted by Crippen LogP contribution is 2.35. The molecule has 5 heteroatoms. The molecule has 0 fully saturated rings. The Morgan fingerprint density at radius 1 is 1.33 bits per heavy atom. The van der Waals surface area contributed by atoms with E-state index in [1.165, 1.54) is 0 Å². The fourth-order valence-corrected chi connectivity index (χ4v) is 1.99. The van der Waals surface area contributed by atoms with Crippen LogP contribution in [0.3, 0.4) is 0 Å². The van der Waals surface area contributed by atoms with E-state index in [2.05, 4.69) is 21.0 Å². The van der Waals surface area contributed by atoms with Gasteiger partial charge >= 0.3 is 0 Å². The van der Waals surface area contributed by atoms with Crippen LogP contribution in [-0.2, 0) is 0 Å². The van der Waals surface area contributed by atoms with Crippen molar-refractivity contribution in [3.05, 3.63) is 34.4 Å². The van der Waals surface area contributed by atoms with E-state index in [0.717, 1.165) is 15.9 Å². The Labute approximate surface area is 115 Å². The third kappa shape index (κ3) is 2.36. The van der Waals surface area contributed by atoms with Gasteiger partial charge in [0.05, 0.1) is 16.2 Å². The Balaban J connectivity index is 2.43. The summed E-state index contributed by atoms with van der Waals surface area (Å²) in [6.45, 7) is 5.96. The predicted molar refractivity (Wildman–Crippen MR) is 76.0 cm³/mol. The molecule has 2 N–H and O–H groups in total. The lowest BCUT2D eigenvalue weighted by Gasteiger charge is -2.13. The molecule has 18 heavy (non-hydrogen) atoms. The number of para-hydroxylation sites is 1. The van der Waals surface area contributed by atoms with Gasteiger partial charge in [-0.3, -0.25) is 0 Å². The van der Waals surface area contributed by atoms with Crippen LogP contribution in [0.4, 0.5) is 5.69 Å². The van der Waals surface area contributed by atoms with Crippen LogP contribution >= 0.6 is 15.9 Å². The Kier molecular flexibility index (Phi) is 3.61. The number of rotatable bonds is 3. The highest BCUT2D eigenvalue weighted by Gasteiger charge is 2.17. The maximum Gasteiger partial charge on any atom is 0.241 e. The molecule has 0 saturated carbocycles. The van der Waals surface area contributed by atoms with Crippen LogP contribution < -0.4 is 10.5 Å². The largest absolute Gasteiger partial charge is 0.436 e. The summed E-state index contributed by atoms with van der Waals surface area (Å²) in [5, 5.41) is 4.39. The summed E-state index contributed by atoms with van der Waals surface area (Å²) in [6, 6.07) is 7.86. The third-order valence-corrected chi connectivity index (χ3v) is 3.27. The molecule has 0 aliphatic heterocycles. The van der Waals surface area contributed by atoms with Gasteiger partial charge in [-0.25, -0.2) is 4.68 Å². The minimum absolute atomic E-state index is 0.193. The number of halogens is 1. The Hall–Kier alpha value is -1.49. The molecule has 2 aromatic rings. The highest BCUT2D eigenvalue weighted by molar-refractivity contribution is 9.10. The number of benzene rings is 1. The van der Waals surface area contributed by atoms with Gasteiger partial charge in [-0.2, -0.15) is 5.10 Å². The van der Waals surface area contributed by atoms with Crippen molar-refractivity contribution in [2.45, 2.75) is 26.8 Å². The molecular formula is C13H16BrN3O. The van der Waals surface area contributed by atoms with Gasteiger partial charge in [0, 0.05) is 0 Å². The van der Waals surface area contributed by atoms with Gasteiger partial charge in [-0.05, 0) is 48.8 Å². The molecule has 96 valence electrons. The third-order valence-electron chi connectivity index (χ3n) is 2.62. The predicted octanol–water partition coefficient (Wildman–Crippen LogP) is 3.91. The maximum atomic E-state index is 6.02. The van der Waals surface area contributed by atoms with E-state index in [1.807, 2.05) is 45.0 Å². The Morgan fingerprint density at radius 3 is 2.61 bits per heavy atom. The van der Waals surface area contributed by atoms with Gasteiger partial charge in [0.1, 0.15) is 11.4 Å². The molecule has 0 saturated heterocycles. The first kappa shape index (κ1) is 13.0. The normalized spacial score (nSPS) is 10.9. The zero-order valence-electron chi connectivity index (χ0n) is 10.6. The molecule has 1 heterocycles. The van der Waals surface area contributed by atoms with E-state index < -0.39 is 0 Å². The number of hydrogen-bond donors (Lipinski definition) is 1. The first-order chi connectivity index (χ1) is 8.50. The minimum atomic E-state index is 0.193. The molecule has 1 aromatic heterocycles. The van der Waals surface area contributed by atoms with Gasteiger partial charge in [-0.1, -0.05) is 12.1 Å². The standard InChI is InChI=1S/C13H16BrN3O/c1-8(2)17-13(12(15)9(3)16-17)18-11-7-5-4-6-10(11)14/h4-8H,15H2,1-3H3. The number of hydrogen-bond acceptors (Lipinski definition) is 3. The number of anilines is 1. The van der Waals surface area contributed by atoms with Crippen molar-refractivity contribution in [3.8, 4) is 11.6 Å². The molecule has 0 aliphatic rings. The summed E-state index contributed by atoms with van der Waals surface area (Å²) < 4.78 is 8.57. The summed E-state index contributed by atoms with van der Waals surface area (Å²) in [7, 11) is 0. The van der Waals surface area contributed by atoms with Crippen LogP contribution in [0.2, 0.25) is 0 Å². The smallest absolute Gasteiger partial charge is 0.241 e. The topological polar surface area (TPSA) is 53.1 Å². The SMILES string of the molecule is Cc1nn(C(C)C)c(Oc2ccccc2Br)c1N. The number of nitrogens with zero attached hydrogens (tertiary/aromatic N) is 2. The lowest BCUT2D eigenvalue weighted by Crippen LogP contribution is -2.05. The molecule has 4 nitrogen and oxygen atoms in total. The number of nitrogen functional groups attached to an aromatic ring is 1. The number of ether oxygens (including phenoxy) is 1. The number of nitrogens with two attached hydrogens (primary N) is 1. The first-order valence-corrected chi connectivity index (χ1v) is 6.57. The number of aromatic nitrogens is 2. The van der Waals surface area contributed by atoms with E-state index in [0.29, 0.717) is 11.6 Å². The van der Waals surface area contributed by atoms with Crippen molar-refractivity contribution in [3.63, 3.8) is 0 Å². The van der Waals surface area contributed by atoms with Crippen molar-refractivity contribution in [1.29, 1.82) is 0 Å². The molecule has 2 rings (SSSR count). The van der Waals surface area contributed by atoms with Crippen LogP contribution in [-0.4, -0.2) is 9.78 Å². The Morgan fingerprint density at radius 2 is 2.00 bits per heavy atom. The summed E-state index contributed by atoms with van der Waals surface area (Å²) in [5.74, 6) is 1.32. The van der Waals surface area contributed by atoms with Gasteiger partial charge in [0.25, 0.3) is 0 Å². The van der Waals surface area contributed by atoms with E-state index in [9.17, 15) is 0 Å². The second-order valence-electron chi connectivity index (χ2n) is 4.38. The molecular weight excluding hydrogens is 294 g/mol. The highest BCUT2D eigenvalue weighted by atomic mass is 79.9. The Bertz CT molecular complexity index is 563. The zero-order valence-corrected chi connectivity index (χ0v) is 12.2. The van der Waals surface area contributed by atoms with E-state index in [4.69, 9.17) is 10.5 Å². The fraction of sp³-hybridized carbons (Fsp3) is 0.308. The molecule has 0 unspecified atom stereocenters. The lowest BCUT2D eigenvalue weighted by atomic mass is 10.3. The average molecular weight is 310 g/mol. The van der Waals surface area contributed by atoms with Crippen molar-refractivity contribution in [2.75, 3.05) is 5.73 Å². The van der Waals surface area contributed by atoms with Crippen molar-refractivity contribution < 1.29 is 4.74 Å². The molecule has 0 amide bonds. The maximum absolute atomic E-state index is 6.02. The van der Waals surface area contributed by atoms with Crippen molar-refractivity contribution in [2.24, 2.45) is 0 Å². The van der Waals surface area contributed by atoms with Crippen LogP contribution in [0.1, 0.15) is 25.6 Å². The average Bonchev–Trinajstić information content (AvgIpc) is 2.60. The van der Waals surface area contributed by atoms with Crippen LogP contribution in [0.25, 0.3) is 0 Å². The second kappa shape index (κ2) is 5.02. The van der Waals surface area contributed by atoms with E-state index in [1.54, 1.807) is 4.68 Å². The fourth-order valence-electron chi connectivity index (χ4n) is 1.62. The zero-order chi connectivity index (χ0) is 13.3. The van der Waals surface area contributed by atoms with Crippen molar-refractivity contribution >= 4 is 21.6 Å². The van der Waals surface area contributed by atoms with Crippen LogP contribution in [0, 0.1) is 6.92 Å². The molecule has 0 aliphatic carbocycles. The van der Waals surface area contributed by atoms with Crippen LogP contribution in [0.15, 0.2) is 28.7 Å². The summed E-state index contributed by atoms with van der Waals surface area (Å²) in [5.41, 5.74) is 7.38. The second-order valence-corrected chi connectivity index (χ2v) is 5.23. The van der Waals surface area contributed by atoms with Gasteiger partial charge in [-0.15, -0.1) is 0 Å². The van der Waals surface area contributed by atoms with Gasteiger partial charge in [0.15, 0.2) is 0 Å². The van der Waals surface area contributed by atoms with Gasteiger partial charge < -0.3 is 10.5 Å². The number of aryl methyl sites for hydroxylation is 1.